The number of piperidine rings is 1. The average molecular weight is 307 g/mol. The zero-order valence-electron chi connectivity index (χ0n) is 12.1. The summed E-state index contributed by atoms with van der Waals surface area (Å²) < 4.78 is 5.77. The number of hydrogen-bond donors (Lipinski definition) is 1. The molecule has 1 atom stereocenters. The molecule has 0 bridgehead atoms. The number of β-amino-alcohol motifs (C(OH)–C–C–N with tert-alkyl or cyclic N) is 1. The van der Waals surface area contributed by atoms with Crippen LogP contribution in [0.1, 0.15) is 24.3 Å². The van der Waals surface area contributed by atoms with Crippen molar-refractivity contribution in [3.05, 3.63) is 40.7 Å². The monoisotopic (exact) mass is 306 g/mol. The zero-order chi connectivity index (χ0) is 14.8. The molecule has 1 aliphatic heterocycles. The van der Waals surface area contributed by atoms with Gasteiger partial charge in [-0.15, -0.1) is 0 Å². The van der Waals surface area contributed by atoms with Crippen LogP contribution in [0.2, 0.25) is 5.02 Å². The molecule has 2 heterocycles. The molecule has 0 unspecified atom stereocenters. The second kappa shape index (κ2) is 6.18. The molecule has 1 fully saturated rings. The van der Waals surface area contributed by atoms with E-state index < -0.39 is 0 Å². The van der Waals surface area contributed by atoms with E-state index in [1.807, 2.05) is 31.2 Å². The Morgan fingerprint density at radius 2 is 2.33 bits per heavy atom. The van der Waals surface area contributed by atoms with Gasteiger partial charge in [-0.25, -0.2) is 4.98 Å². The molecule has 0 amide bonds. The van der Waals surface area contributed by atoms with E-state index in [2.05, 4.69) is 9.88 Å². The highest BCUT2D eigenvalue weighted by atomic mass is 35.5. The van der Waals surface area contributed by atoms with Crippen molar-refractivity contribution in [2.75, 3.05) is 13.1 Å². The summed E-state index contributed by atoms with van der Waals surface area (Å²) in [6.07, 6.45) is 1.69. The van der Waals surface area contributed by atoms with E-state index in [9.17, 15) is 5.11 Å². The Hall–Kier alpha value is -1.36. The van der Waals surface area contributed by atoms with Crippen molar-refractivity contribution >= 4 is 11.6 Å². The summed E-state index contributed by atoms with van der Waals surface area (Å²) >= 11 is 6.01. The number of halogens is 1. The van der Waals surface area contributed by atoms with Crippen LogP contribution in [0.4, 0.5) is 0 Å². The number of oxazole rings is 1. The van der Waals surface area contributed by atoms with Gasteiger partial charge in [0.2, 0.25) is 5.89 Å². The van der Waals surface area contributed by atoms with Crippen LogP contribution in [-0.2, 0) is 6.54 Å². The second-order valence-electron chi connectivity index (χ2n) is 5.56. The van der Waals surface area contributed by atoms with E-state index >= 15 is 0 Å². The fraction of sp³-hybridized carbons (Fsp3) is 0.438. The maximum atomic E-state index is 9.74. The van der Waals surface area contributed by atoms with Crippen LogP contribution in [0.3, 0.4) is 0 Å². The van der Waals surface area contributed by atoms with Crippen molar-refractivity contribution in [3.8, 4) is 11.5 Å². The maximum absolute atomic E-state index is 9.74. The Labute approximate surface area is 129 Å². The van der Waals surface area contributed by atoms with Crippen molar-refractivity contribution in [2.24, 2.45) is 0 Å². The molecule has 2 aromatic rings. The highest BCUT2D eigenvalue weighted by Gasteiger charge is 2.20. The van der Waals surface area contributed by atoms with E-state index in [1.165, 1.54) is 0 Å². The molecule has 1 aromatic carbocycles. The largest absolute Gasteiger partial charge is 0.441 e. The van der Waals surface area contributed by atoms with E-state index in [0.717, 1.165) is 36.4 Å². The lowest BCUT2D eigenvalue weighted by Gasteiger charge is -2.29. The lowest BCUT2D eigenvalue weighted by molar-refractivity contribution is 0.0660. The van der Waals surface area contributed by atoms with Crippen LogP contribution < -0.4 is 0 Å². The number of likely N-dealkylation sites (tertiary alicyclic amines) is 1. The molecule has 0 spiro atoms. The van der Waals surface area contributed by atoms with Crippen molar-refractivity contribution in [1.29, 1.82) is 0 Å². The molecular formula is C16H19ClN2O2. The summed E-state index contributed by atoms with van der Waals surface area (Å²) in [6.45, 7) is 4.35. The minimum Gasteiger partial charge on any atom is -0.441 e. The summed E-state index contributed by atoms with van der Waals surface area (Å²) in [5.41, 5.74) is 1.81. The summed E-state index contributed by atoms with van der Waals surface area (Å²) in [4.78, 5) is 6.81. The number of nitrogens with zero attached hydrogens (tertiary/aromatic N) is 2. The molecule has 4 nitrogen and oxygen atoms in total. The summed E-state index contributed by atoms with van der Waals surface area (Å²) in [7, 11) is 0. The van der Waals surface area contributed by atoms with Crippen LogP contribution in [-0.4, -0.2) is 34.2 Å². The number of aliphatic hydroxyl groups is 1. The van der Waals surface area contributed by atoms with Gasteiger partial charge in [-0.05, 0) is 44.5 Å². The number of aliphatic hydroxyl groups excluding tert-OH is 1. The van der Waals surface area contributed by atoms with Gasteiger partial charge in [0.05, 0.1) is 11.8 Å². The number of rotatable bonds is 3. The van der Waals surface area contributed by atoms with Crippen LogP contribution in [0.5, 0.6) is 0 Å². The summed E-state index contributed by atoms with van der Waals surface area (Å²) in [5, 5.41) is 10.4. The Kier molecular flexibility index (Phi) is 4.29. The van der Waals surface area contributed by atoms with Crippen LogP contribution in [0.25, 0.3) is 11.5 Å². The molecule has 1 saturated heterocycles. The van der Waals surface area contributed by atoms with Gasteiger partial charge in [-0.1, -0.05) is 17.7 Å². The van der Waals surface area contributed by atoms with E-state index in [-0.39, 0.29) is 6.10 Å². The highest BCUT2D eigenvalue weighted by molar-refractivity contribution is 6.30. The highest BCUT2D eigenvalue weighted by Crippen LogP contribution is 2.25. The molecular weight excluding hydrogens is 288 g/mol. The minimum absolute atomic E-state index is 0.224. The van der Waals surface area contributed by atoms with Gasteiger partial charge in [0.15, 0.2) is 0 Å². The third-order valence-electron chi connectivity index (χ3n) is 3.82. The van der Waals surface area contributed by atoms with Gasteiger partial charge >= 0.3 is 0 Å². The first-order valence-corrected chi connectivity index (χ1v) is 7.62. The Balaban J connectivity index is 1.78. The third kappa shape index (κ3) is 3.46. The van der Waals surface area contributed by atoms with E-state index in [1.54, 1.807) is 0 Å². The Bertz CT molecular complexity index is 626. The maximum Gasteiger partial charge on any atom is 0.226 e. The summed E-state index contributed by atoms with van der Waals surface area (Å²) in [5.74, 6) is 1.42. The second-order valence-corrected chi connectivity index (χ2v) is 6.00. The van der Waals surface area contributed by atoms with Crippen molar-refractivity contribution in [3.63, 3.8) is 0 Å². The molecule has 5 heteroatoms. The molecule has 3 rings (SSSR count). The first-order valence-electron chi connectivity index (χ1n) is 7.24. The lowest BCUT2D eigenvalue weighted by atomic mass is 10.1. The van der Waals surface area contributed by atoms with Gasteiger partial charge in [0, 0.05) is 23.7 Å². The standard InChI is InChI=1S/C16H19ClN2O2/c1-11-15(10-19-7-3-6-14(20)9-19)18-16(21-11)12-4-2-5-13(17)8-12/h2,4-5,8,14,20H,3,6-7,9-10H2,1H3/t14-/m1/s1. The smallest absolute Gasteiger partial charge is 0.226 e. The lowest BCUT2D eigenvalue weighted by Crippen LogP contribution is -2.37. The fourth-order valence-electron chi connectivity index (χ4n) is 2.71. The normalized spacial score (nSPS) is 19.9. The number of aromatic nitrogens is 1. The molecule has 112 valence electrons. The van der Waals surface area contributed by atoms with Crippen LogP contribution >= 0.6 is 11.6 Å². The van der Waals surface area contributed by atoms with Crippen molar-refractivity contribution in [1.82, 2.24) is 9.88 Å². The predicted octanol–water partition coefficient (Wildman–Crippen LogP) is 3.26. The molecule has 21 heavy (non-hydrogen) atoms. The van der Waals surface area contributed by atoms with Gasteiger partial charge in [-0.2, -0.15) is 0 Å². The van der Waals surface area contributed by atoms with Gasteiger partial charge in [0.25, 0.3) is 0 Å². The average Bonchev–Trinajstić information content (AvgIpc) is 2.80. The van der Waals surface area contributed by atoms with Gasteiger partial charge < -0.3 is 9.52 Å². The van der Waals surface area contributed by atoms with Gasteiger partial charge in [0.1, 0.15) is 5.76 Å². The van der Waals surface area contributed by atoms with Crippen molar-refractivity contribution in [2.45, 2.75) is 32.4 Å². The molecule has 0 aliphatic carbocycles. The third-order valence-corrected chi connectivity index (χ3v) is 4.05. The SMILES string of the molecule is Cc1oc(-c2cccc(Cl)c2)nc1CN1CCC[C@@H](O)C1. The zero-order valence-corrected chi connectivity index (χ0v) is 12.8. The molecule has 0 saturated carbocycles. The fourth-order valence-corrected chi connectivity index (χ4v) is 2.90. The van der Waals surface area contributed by atoms with Crippen LogP contribution in [0, 0.1) is 6.92 Å². The number of aryl methyl sites for hydroxylation is 1. The van der Waals surface area contributed by atoms with E-state index in [4.69, 9.17) is 16.0 Å². The quantitative estimate of drug-likeness (QED) is 0.945. The Morgan fingerprint density at radius 3 is 3.10 bits per heavy atom. The summed E-state index contributed by atoms with van der Waals surface area (Å²) in [6, 6.07) is 7.50. The molecule has 1 N–H and O–H groups in total. The Morgan fingerprint density at radius 1 is 1.48 bits per heavy atom. The molecule has 1 aliphatic rings. The predicted molar refractivity (Wildman–Crippen MR) is 82.2 cm³/mol. The first-order chi connectivity index (χ1) is 10.1. The molecule has 0 radical (unpaired) electrons. The topological polar surface area (TPSA) is 49.5 Å². The number of hydrogen-bond acceptors (Lipinski definition) is 4. The first kappa shape index (κ1) is 14.6. The van der Waals surface area contributed by atoms with E-state index in [0.29, 0.717) is 24.0 Å². The van der Waals surface area contributed by atoms with Gasteiger partial charge in [-0.3, -0.25) is 4.90 Å². The number of benzene rings is 1. The minimum atomic E-state index is -0.224. The van der Waals surface area contributed by atoms with Crippen molar-refractivity contribution < 1.29 is 9.52 Å². The molecule has 1 aromatic heterocycles. The van der Waals surface area contributed by atoms with Crippen LogP contribution in [0.15, 0.2) is 28.7 Å².